The summed E-state index contributed by atoms with van der Waals surface area (Å²) in [6, 6.07) is 15.5. The van der Waals surface area contributed by atoms with Gasteiger partial charge in [0.1, 0.15) is 5.57 Å². The lowest BCUT2D eigenvalue weighted by molar-refractivity contribution is -0.122. The molecular formula is C25H23N3O2S. The average molecular weight is 430 g/mol. The van der Waals surface area contributed by atoms with Crippen molar-refractivity contribution in [3.05, 3.63) is 88.2 Å². The smallest absolute Gasteiger partial charge is 0.270 e. The minimum Gasteiger partial charge on any atom is -0.317 e. The van der Waals surface area contributed by atoms with Crippen LogP contribution in [0.1, 0.15) is 27.9 Å². The molecule has 5 nitrogen and oxygen atoms in total. The van der Waals surface area contributed by atoms with Gasteiger partial charge in [0.25, 0.3) is 11.8 Å². The molecule has 0 radical (unpaired) electrons. The molecule has 6 heteroatoms. The van der Waals surface area contributed by atoms with Crippen molar-refractivity contribution in [3.63, 3.8) is 0 Å². The number of anilines is 1. The van der Waals surface area contributed by atoms with Gasteiger partial charge in [-0.15, -0.1) is 0 Å². The fraction of sp³-hybridized carbons (Fsp3) is 0.160. The molecule has 0 unspecified atom stereocenters. The number of hydrogen-bond donors (Lipinski definition) is 1. The van der Waals surface area contributed by atoms with Crippen LogP contribution in [0.15, 0.2) is 60.3 Å². The normalized spacial score (nSPS) is 15.5. The summed E-state index contributed by atoms with van der Waals surface area (Å²) in [6.45, 7) is 8.02. The summed E-state index contributed by atoms with van der Waals surface area (Å²) in [5, 5.41) is 2.76. The van der Waals surface area contributed by atoms with Gasteiger partial charge in [-0.3, -0.25) is 19.8 Å². The molecule has 2 heterocycles. The molecule has 2 aromatic carbocycles. The van der Waals surface area contributed by atoms with Crippen LogP contribution in [0.3, 0.4) is 0 Å². The molecular weight excluding hydrogens is 406 g/mol. The van der Waals surface area contributed by atoms with Crippen molar-refractivity contribution in [2.45, 2.75) is 27.7 Å². The molecule has 1 aliphatic heterocycles. The predicted octanol–water partition coefficient (Wildman–Crippen LogP) is 4.54. The second-order valence-corrected chi connectivity index (χ2v) is 8.09. The molecule has 3 aromatic rings. The van der Waals surface area contributed by atoms with Gasteiger partial charge in [0.05, 0.1) is 5.69 Å². The van der Waals surface area contributed by atoms with Crippen molar-refractivity contribution in [3.8, 4) is 5.69 Å². The van der Waals surface area contributed by atoms with Crippen molar-refractivity contribution >= 4 is 40.9 Å². The molecule has 1 aromatic heterocycles. The van der Waals surface area contributed by atoms with Crippen LogP contribution in [0.5, 0.6) is 0 Å². The van der Waals surface area contributed by atoms with E-state index in [0.717, 1.165) is 28.1 Å². The Kier molecular flexibility index (Phi) is 5.33. The number of benzene rings is 2. The Bertz CT molecular complexity index is 1270. The molecule has 1 saturated heterocycles. The van der Waals surface area contributed by atoms with Crippen LogP contribution in [0, 0.1) is 27.7 Å². The Morgan fingerprint density at radius 3 is 2.13 bits per heavy atom. The number of hydrogen-bond acceptors (Lipinski definition) is 3. The number of carbonyl (C=O) groups is 2. The van der Waals surface area contributed by atoms with Gasteiger partial charge in [-0.25, -0.2) is 0 Å². The average Bonchev–Trinajstić information content (AvgIpc) is 3.18. The Hall–Kier alpha value is -3.51. The van der Waals surface area contributed by atoms with Crippen LogP contribution in [0.25, 0.3) is 11.8 Å². The summed E-state index contributed by atoms with van der Waals surface area (Å²) in [6.07, 6.45) is 3.55. The number of carbonyl (C=O) groups excluding carboxylic acids is 2. The van der Waals surface area contributed by atoms with Crippen molar-refractivity contribution in [1.82, 2.24) is 9.88 Å². The molecule has 0 aliphatic carbocycles. The SMILES string of the molecule is Cc1cccc(N2C(=O)/C(=C/c3cccn3-c3cccc(C)c3C)C(=O)NC2=S)c1C. The summed E-state index contributed by atoms with van der Waals surface area (Å²) in [5.74, 6) is -0.929. The van der Waals surface area contributed by atoms with Crippen molar-refractivity contribution in [2.24, 2.45) is 0 Å². The number of nitrogens with one attached hydrogen (secondary N) is 1. The first-order chi connectivity index (χ1) is 14.8. The van der Waals surface area contributed by atoms with Gasteiger partial charge in [0, 0.05) is 17.6 Å². The molecule has 0 spiro atoms. The van der Waals surface area contributed by atoms with E-state index >= 15 is 0 Å². The first-order valence-electron chi connectivity index (χ1n) is 10.0. The quantitative estimate of drug-likeness (QED) is 0.378. The standard InChI is InChI=1S/C25H23N3O2S/c1-15-8-5-11-21(17(15)3)27-13-7-10-19(27)14-20-23(29)26-25(31)28(24(20)30)22-12-6-9-16(2)18(22)4/h5-14H,1-4H3,(H,26,29,31)/b20-14+. The van der Waals surface area contributed by atoms with E-state index in [0.29, 0.717) is 5.69 Å². The van der Waals surface area contributed by atoms with Crippen LogP contribution in [-0.2, 0) is 9.59 Å². The molecule has 1 aliphatic rings. The van der Waals surface area contributed by atoms with E-state index in [4.69, 9.17) is 12.2 Å². The highest BCUT2D eigenvalue weighted by atomic mass is 32.1. The molecule has 0 saturated carbocycles. The zero-order valence-electron chi connectivity index (χ0n) is 17.9. The molecule has 1 fully saturated rings. The maximum atomic E-state index is 13.4. The Morgan fingerprint density at radius 2 is 1.45 bits per heavy atom. The molecule has 0 atom stereocenters. The van der Waals surface area contributed by atoms with E-state index in [1.165, 1.54) is 10.5 Å². The zero-order chi connectivity index (χ0) is 22.3. The van der Waals surface area contributed by atoms with E-state index in [1.807, 2.05) is 67.1 Å². The predicted molar refractivity (Wildman–Crippen MR) is 127 cm³/mol. The van der Waals surface area contributed by atoms with Gasteiger partial charge < -0.3 is 4.57 Å². The first-order valence-corrected chi connectivity index (χ1v) is 10.4. The van der Waals surface area contributed by atoms with Crippen LogP contribution in [-0.4, -0.2) is 21.5 Å². The van der Waals surface area contributed by atoms with Gasteiger partial charge >= 0.3 is 0 Å². The third-order valence-electron chi connectivity index (χ3n) is 5.83. The highest BCUT2D eigenvalue weighted by molar-refractivity contribution is 7.80. The highest BCUT2D eigenvalue weighted by Gasteiger charge is 2.35. The highest BCUT2D eigenvalue weighted by Crippen LogP contribution is 2.28. The lowest BCUT2D eigenvalue weighted by Gasteiger charge is -2.30. The lowest BCUT2D eigenvalue weighted by atomic mass is 10.0. The topological polar surface area (TPSA) is 54.3 Å². The van der Waals surface area contributed by atoms with Gasteiger partial charge in [0.15, 0.2) is 5.11 Å². The van der Waals surface area contributed by atoms with E-state index in [-0.39, 0.29) is 10.7 Å². The minimum atomic E-state index is -0.495. The van der Waals surface area contributed by atoms with Crippen LogP contribution in [0.2, 0.25) is 0 Å². The van der Waals surface area contributed by atoms with Crippen LogP contribution >= 0.6 is 12.2 Å². The molecule has 2 amide bonds. The molecule has 1 N–H and O–H groups in total. The van der Waals surface area contributed by atoms with Crippen molar-refractivity contribution in [1.29, 1.82) is 0 Å². The Morgan fingerprint density at radius 1 is 0.839 bits per heavy atom. The van der Waals surface area contributed by atoms with Gasteiger partial charge in [-0.05, 0) is 92.5 Å². The molecule has 156 valence electrons. The Balaban J connectivity index is 1.80. The second-order valence-electron chi connectivity index (χ2n) is 7.70. The van der Waals surface area contributed by atoms with E-state index in [1.54, 1.807) is 6.08 Å². The van der Waals surface area contributed by atoms with E-state index < -0.39 is 11.8 Å². The summed E-state index contributed by atoms with van der Waals surface area (Å²) in [5.41, 5.74) is 6.74. The number of nitrogens with zero attached hydrogens (tertiary/aromatic N) is 2. The van der Waals surface area contributed by atoms with E-state index in [2.05, 4.69) is 25.2 Å². The molecule has 0 bridgehead atoms. The fourth-order valence-electron chi connectivity index (χ4n) is 3.73. The van der Waals surface area contributed by atoms with Gasteiger partial charge in [-0.2, -0.15) is 0 Å². The summed E-state index contributed by atoms with van der Waals surface area (Å²) in [7, 11) is 0. The van der Waals surface area contributed by atoms with Crippen molar-refractivity contribution in [2.75, 3.05) is 4.90 Å². The largest absolute Gasteiger partial charge is 0.317 e. The molecule has 4 rings (SSSR count). The molecule has 31 heavy (non-hydrogen) atoms. The maximum absolute atomic E-state index is 13.4. The maximum Gasteiger partial charge on any atom is 0.270 e. The lowest BCUT2D eigenvalue weighted by Crippen LogP contribution is -2.54. The first kappa shape index (κ1) is 20.8. The number of aromatic nitrogens is 1. The third kappa shape index (κ3) is 3.59. The van der Waals surface area contributed by atoms with Crippen molar-refractivity contribution < 1.29 is 9.59 Å². The third-order valence-corrected chi connectivity index (χ3v) is 6.11. The zero-order valence-corrected chi connectivity index (χ0v) is 18.7. The summed E-state index contributed by atoms with van der Waals surface area (Å²) < 4.78 is 1.98. The van der Waals surface area contributed by atoms with Gasteiger partial charge in [-0.1, -0.05) is 24.3 Å². The number of amides is 2. The van der Waals surface area contributed by atoms with Gasteiger partial charge in [0.2, 0.25) is 0 Å². The Labute approximate surface area is 187 Å². The second kappa shape index (κ2) is 7.96. The fourth-order valence-corrected chi connectivity index (χ4v) is 4.00. The van der Waals surface area contributed by atoms with Crippen LogP contribution in [0.4, 0.5) is 5.69 Å². The summed E-state index contributed by atoms with van der Waals surface area (Å²) >= 11 is 5.34. The number of thiocarbonyl (C=S) groups is 1. The minimum absolute atomic E-state index is 0.0414. The number of rotatable bonds is 3. The summed E-state index contributed by atoms with van der Waals surface area (Å²) in [4.78, 5) is 27.5. The van der Waals surface area contributed by atoms with Crippen LogP contribution < -0.4 is 10.2 Å². The monoisotopic (exact) mass is 429 g/mol. The van der Waals surface area contributed by atoms with E-state index in [9.17, 15) is 9.59 Å². The number of aryl methyl sites for hydroxylation is 2.